The van der Waals surface area contributed by atoms with Crippen LogP contribution in [-0.2, 0) is 20.4 Å². The lowest BCUT2D eigenvalue weighted by Gasteiger charge is -2.15. The molecule has 0 aromatic heterocycles. The molecule has 0 saturated carbocycles. The first kappa shape index (κ1) is 19.7. The summed E-state index contributed by atoms with van der Waals surface area (Å²) in [5.41, 5.74) is 0.183. The van der Waals surface area contributed by atoms with Crippen molar-refractivity contribution < 1.29 is 22.9 Å². The van der Waals surface area contributed by atoms with Crippen LogP contribution in [0, 0.1) is 10.1 Å². The second-order valence-electron chi connectivity index (χ2n) is 5.10. The topological polar surface area (TPSA) is 128 Å². The van der Waals surface area contributed by atoms with Gasteiger partial charge >= 0.3 is 5.97 Å². The summed E-state index contributed by atoms with van der Waals surface area (Å²) in [6.07, 6.45) is 1.51. The van der Waals surface area contributed by atoms with Crippen molar-refractivity contribution in [1.82, 2.24) is 0 Å². The molecule has 0 radical (unpaired) electrons. The second kappa shape index (κ2) is 9.71. The summed E-state index contributed by atoms with van der Waals surface area (Å²) < 4.78 is 28.2. The molecule has 0 aliphatic rings. The van der Waals surface area contributed by atoms with Crippen LogP contribution in [0.5, 0.6) is 0 Å². The highest BCUT2D eigenvalue weighted by atomic mass is 32.2. The molecule has 0 fully saturated rings. The Balaban J connectivity index is 2.68. The van der Waals surface area contributed by atoms with E-state index in [9.17, 15) is 23.3 Å². The van der Waals surface area contributed by atoms with E-state index in [2.05, 4.69) is 10.0 Å². The number of hydrogen-bond acceptors (Lipinski definition) is 7. The van der Waals surface area contributed by atoms with Crippen LogP contribution in [0.4, 0.5) is 17.1 Å². The minimum Gasteiger partial charge on any atom is -0.466 e. The van der Waals surface area contributed by atoms with E-state index < -0.39 is 15.8 Å². The number of nitrogens with one attached hydrogen (secondary N) is 2. The fraction of sp³-hybridized carbons (Fsp3) is 0.500. The minimum absolute atomic E-state index is 0.104. The third kappa shape index (κ3) is 6.82. The molecule has 0 aliphatic carbocycles. The zero-order chi connectivity index (χ0) is 18.1. The summed E-state index contributed by atoms with van der Waals surface area (Å²) in [6, 6.07) is 3.93. The Morgan fingerprint density at radius 1 is 1.42 bits per heavy atom. The van der Waals surface area contributed by atoms with Gasteiger partial charge in [-0.25, -0.2) is 8.42 Å². The summed E-state index contributed by atoms with van der Waals surface area (Å²) in [5, 5.41) is 14.1. The maximum atomic E-state index is 11.3. The molecule has 2 N–H and O–H groups in total. The van der Waals surface area contributed by atoms with Crippen molar-refractivity contribution in [3.05, 3.63) is 28.3 Å². The molecule has 10 heteroatoms. The van der Waals surface area contributed by atoms with Crippen LogP contribution >= 0.6 is 0 Å². The number of rotatable bonds is 10. The van der Waals surface area contributed by atoms with E-state index in [0.29, 0.717) is 25.9 Å². The quantitative estimate of drug-likeness (QED) is 0.252. The Hall–Kier alpha value is -2.36. The number of hydrogen-bond donors (Lipinski definition) is 3. The van der Waals surface area contributed by atoms with Crippen LogP contribution in [-0.4, -0.2) is 32.0 Å². The number of thiol groups is 1. The number of ether oxygens (including phenoxy) is 1. The molecule has 0 bridgehead atoms. The smallest absolute Gasteiger partial charge is 0.305 e. The zero-order valence-electron chi connectivity index (χ0n) is 13.5. The average molecular weight is 359 g/mol. The number of esters is 1. The highest BCUT2D eigenvalue weighted by Crippen LogP contribution is 2.29. The Morgan fingerprint density at radius 3 is 2.71 bits per heavy atom. The highest BCUT2D eigenvalue weighted by Gasteiger charge is 2.16. The van der Waals surface area contributed by atoms with Gasteiger partial charge in [-0.3, -0.25) is 19.6 Å². The molecule has 0 spiro atoms. The lowest BCUT2D eigenvalue weighted by atomic mass is 10.1. The number of nitro groups is 1. The predicted molar refractivity (Wildman–Crippen MR) is 90.6 cm³/mol. The Labute approximate surface area is 141 Å². The van der Waals surface area contributed by atoms with Crippen molar-refractivity contribution in [2.24, 2.45) is 0 Å². The van der Waals surface area contributed by atoms with Crippen LogP contribution < -0.4 is 10.0 Å². The minimum atomic E-state index is -2.89. The van der Waals surface area contributed by atoms with E-state index in [1.165, 1.54) is 12.1 Å². The molecule has 9 nitrogen and oxygen atoms in total. The Morgan fingerprint density at radius 2 is 2.12 bits per heavy atom. The lowest BCUT2D eigenvalue weighted by Crippen LogP contribution is -2.17. The first-order valence-corrected chi connectivity index (χ1v) is 8.62. The molecule has 1 rings (SSSR count). The summed E-state index contributed by atoms with van der Waals surface area (Å²) in [6.45, 7) is 3.92. The van der Waals surface area contributed by atoms with Crippen molar-refractivity contribution >= 4 is 33.9 Å². The van der Waals surface area contributed by atoms with Gasteiger partial charge in [0.15, 0.2) is 0 Å². The van der Waals surface area contributed by atoms with Crippen molar-refractivity contribution in [1.29, 1.82) is 0 Å². The number of carbonyl (C=O) groups excluding carboxylic acids is 1. The van der Waals surface area contributed by atoms with Gasteiger partial charge in [-0.2, -0.15) is 0 Å². The molecule has 0 aliphatic heterocycles. The van der Waals surface area contributed by atoms with Gasteiger partial charge < -0.3 is 10.1 Å². The van der Waals surface area contributed by atoms with Crippen molar-refractivity contribution in [2.45, 2.75) is 39.2 Å². The maximum Gasteiger partial charge on any atom is 0.305 e. The van der Waals surface area contributed by atoms with Crippen LogP contribution in [0.3, 0.4) is 0 Å². The van der Waals surface area contributed by atoms with Gasteiger partial charge in [0.1, 0.15) is 5.69 Å². The van der Waals surface area contributed by atoms with Gasteiger partial charge in [-0.15, -0.1) is 0 Å². The normalized spacial score (nSPS) is 11.8. The van der Waals surface area contributed by atoms with Gasteiger partial charge in [-0.05, 0) is 38.8 Å². The molecule has 0 heterocycles. The Kier molecular flexibility index (Phi) is 7.96. The molecule has 1 aromatic carbocycles. The van der Waals surface area contributed by atoms with Crippen LogP contribution in [0.2, 0.25) is 0 Å². The largest absolute Gasteiger partial charge is 0.466 e. The fourth-order valence-corrected chi connectivity index (χ4v) is 2.45. The van der Waals surface area contributed by atoms with Gasteiger partial charge in [0.05, 0.1) is 17.2 Å². The van der Waals surface area contributed by atoms with E-state index in [4.69, 9.17) is 4.74 Å². The monoisotopic (exact) mass is 359 g/mol. The van der Waals surface area contributed by atoms with E-state index in [1.807, 2.05) is 6.92 Å². The average Bonchev–Trinajstić information content (AvgIpc) is 2.48. The summed E-state index contributed by atoms with van der Waals surface area (Å²) in [4.78, 5) is 21.8. The third-order valence-corrected chi connectivity index (χ3v) is 3.58. The van der Waals surface area contributed by atoms with Crippen molar-refractivity contribution in [2.75, 3.05) is 16.6 Å². The predicted octanol–water partition coefficient (Wildman–Crippen LogP) is 2.07. The number of nitrogens with zero attached hydrogens (tertiary/aromatic N) is 1. The molecule has 0 amide bonds. The number of carbonyl (C=O) groups is 1. The van der Waals surface area contributed by atoms with Crippen LogP contribution in [0.1, 0.15) is 33.1 Å². The van der Waals surface area contributed by atoms with Gasteiger partial charge in [-0.1, -0.05) is 0 Å². The van der Waals surface area contributed by atoms with Crippen LogP contribution in [0.25, 0.3) is 0 Å². The molecule has 134 valence electrons. The molecule has 1 unspecified atom stereocenters. The summed E-state index contributed by atoms with van der Waals surface area (Å²) in [5.74, 6) is -0.266. The summed E-state index contributed by atoms with van der Waals surface area (Å²) >= 11 is 0. The van der Waals surface area contributed by atoms with E-state index in [0.717, 1.165) is 6.07 Å². The molecule has 0 saturated heterocycles. The highest BCUT2D eigenvalue weighted by molar-refractivity contribution is 7.73. The van der Waals surface area contributed by atoms with Gasteiger partial charge in [0, 0.05) is 18.5 Å². The van der Waals surface area contributed by atoms with E-state index in [1.54, 1.807) is 6.92 Å². The number of anilines is 2. The molecular weight excluding hydrogens is 338 g/mol. The van der Waals surface area contributed by atoms with E-state index >= 15 is 0 Å². The first-order valence-electron chi connectivity index (χ1n) is 7.45. The van der Waals surface area contributed by atoms with Crippen LogP contribution in [0.15, 0.2) is 18.2 Å². The molecule has 1 aromatic rings. The molecule has 1 atom stereocenters. The zero-order valence-corrected chi connectivity index (χ0v) is 14.4. The maximum absolute atomic E-state index is 11.3. The number of benzene rings is 1. The molecular formula is C14H21N3O6S. The lowest BCUT2D eigenvalue weighted by molar-refractivity contribution is -0.383. The SMILES string of the molecule is CCOC(=O)CCCC(C)Nc1ccc(N[SH](=O)=O)cc1[N+](=O)[O-]. The van der Waals surface area contributed by atoms with Crippen molar-refractivity contribution in [3.8, 4) is 0 Å². The van der Waals surface area contributed by atoms with Gasteiger partial charge in [0.2, 0.25) is 10.9 Å². The third-order valence-electron chi connectivity index (χ3n) is 3.14. The second-order valence-corrected chi connectivity index (χ2v) is 5.84. The van der Waals surface area contributed by atoms with Gasteiger partial charge in [0.25, 0.3) is 5.69 Å². The van der Waals surface area contributed by atoms with Crippen molar-refractivity contribution in [3.63, 3.8) is 0 Å². The first-order chi connectivity index (χ1) is 11.3. The molecule has 24 heavy (non-hydrogen) atoms. The standard InChI is InChI=1S/C14H21N3O6S/c1-3-23-14(18)6-4-5-10(2)15-12-8-7-11(16-24(21)22)9-13(12)17(19)20/h7-10,15,24H,3-6H2,1-2H3,(H,16,21,22). The fourth-order valence-electron chi connectivity index (χ4n) is 2.10. The number of nitro benzene ring substituents is 1. The Bertz CT molecular complexity index is 654. The summed E-state index contributed by atoms with van der Waals surface area (Å²) in [7, 11) is -2.89. The van der Waals surface area contributed by atoms with E-state index in [-0.39, 0.29) is 29.1 Å².